The molecule has 0 aliphatic heterocycles. The number of carbonyl (C=O) groups is 1. The predicted octanol–water partition coefficient (Wildman–Crippen LogP) is 0.974. The number of hydrogen-bond acceptors (Lipinski definition) is 4. The molecule has 0 atom stereocenters. The Morgan fingerprint density at radius 1 is 1.42 bits per heavy atom. The molecule has 19 heavy (non-hydrogen) atoms. The van der Waals surface area contributed by atoms with E-state index in [1.54, 1.807) is 12.4 Å². The summed E-state index contributed by atoms with van der Waals surface area (Å²) in [6.07, 6.45) is 2.35. The molecule has 2 rings (SSSR count). The highest BCUT2D eigenvalue weighted by molar-refractivity contribution is 5.92. The van der Waals surface area contributed by atoms with E-state index in [9.17, 15) is 4.79 Å². The zero-order valence-corrected chi connectivity index (χ0v) is 11.1. The number of aryl methyl sites for hydroxylation is 2. The SMILES string of the molecule is CCn1cnnc1CCNC(=O)c1cccc(C)n1. The normalized spacial score (nSPS) is 10.4. The third kappa shape index (κ3) is 3.37. The van der Waals surface area contributed by atoms with Gasteiger partial charge in [0.2, 0.25) is 0 Å². The Bertz CT molecular complexity index is 564. The Labute approximate surface area is 111 Å². The molecule has 0 aromatic carbocycles. The van der Waals surface area contributed by atoms with Gasteiger partial charge in [-0.1, -0.05) is 6.07 Å². The first-order valence-corrected chi connectivity index (χ1v) is 6.29. The van der Waals surface area contributed by atoms with Crippen LogP contribution in [0.5, 0.6) is 0 Å². The van der Waals surface area contributed by atoms with Gasteiger partial charge in [-0.3, -0.25) is 4.79 Å². The Morgan fingerprint density at radius 3 is 3.00 bits per heavy atom. The number of nitrogens with zero attached hydrogens (tertiary/aromatic N) is 4. The van der Waals surface area contributed by atoms with Crippen LogP contribution in [0.1, 0.15) is 28.9 Å². The zero-order valence-electron chi connectivity index (χ0n) is 11.1. The molecule has 1 amide bonds. The summed E-state index contributed by atoms with van der Waals surface area (Å²) in [6.45, 7) is 5.24. The second kappa shape index (κ2) is 6.08. The van der Waals surface area contributed by atoms with Gasteiger partial charge < -0.3 is 9.88 Å². The molecule has 1 N–H and O–H groups in total. The zero-order chi connectivity index (χ0) is 13.7. The molecule has 0 saturated carbocycles. The van der Waals surface area contributed by atoms with Crippen molar-refractivity contribution in [3.63, 3.8) is 0 Å². The van der Waals surface area contributed by atoms with Crippen molar-refractivity contribution in [2.24, 2.45) is 0 Å². The fourth-order valence-corrected chi connectivity index (χ4v) is 1.78. The molecule has 0 unspecified atom stereocenters. The third-order valence-electron chi connectivity index (χ3n) is 2.79. The summed E-state index contributed by atoms with van der Waals surface area (Å²) >= 11 is 0. The van der Waals surface area contributed by atoms with Crippen LogP contribution in [0.4, 0.5) is 0 Å². The molecule has 2 aromatic rings. The second-order valence-electron chi connectivity index (χ2n) is 4.20. The van der Waals surface area contributed by atoms with Crippen LogP contribution in [0.25, 0.3) is 0 Å². The minimum absolute atomic E-state index is 0.161. The van der Waals surface area contributed by atoms with Gasteiger partial charge in [-0.05, 0) is 26.0 Å². The number of hydrogen-bond donors (Lipinski definition) is 1. The first kappa shape index (κ1) is 13.2. The Balaban J connectivity index is 1.88. The molecule has 0 radical (unpaired) electrons. The van der Waals surface area contributed by atoms with E-state index in [0.29, 0.717) is 18.7 Å². The average molecular weight is 259 g/mol. The van der Waals surface area contributed by atoms with E-state index in [1.807, 2.05) is 30.5 Å². The quantitative estimate of drug-likeness (QED) is 0.868. The summed E-state index contributed by atoms with van der Waals surface area (Å²) in [7, 11) is 0. The van der Waals surface area contributed by atoms with Crippen molar-refractivity contribution in [1.29, 1.82) is 0 Å². The van der Waals surface area contributed by atoms with E-state index < -0.39 is 0 Å². The second-order valence-corrected chi connectivity index (χ2v) is 4.20. The molecular weight excluding hydrogens is 242 g/mol. The number of amides is 1. The smallest absolute Gasteiger partial charge is 0.269 e. The predicted molar refractivity (Wildman–Crippen MR) is 70.7 cm³/mol. The minimum Gasteiger partial charge on any atom is -0.350 e. The van der Waals surface area contributed by atoms with Crippen LogP contribution in [-0.2, 0) is 13.0 Å². The van der Waals surface area contributed by atoms with E-state index in [4.69, 9.17) is 0 Å². The van der Waals surface area contributed by atoms with Crippen LogP contribution in [-0.4, -0.2) is 32.2 Å². The summed E-state index contributed by atoms with van der Waals surface area (Å²) in [5, 5.41) is 10.7. The Kier molecular flexibility index (Phi) is 4.22. The largest absolute Gasteiger partial charge is 0.350 e. The average Bonchev–Trinajstić information content (AvgIpc) is 2.86. The first-order chi connectivity index (χ1) is 9.20. The molecule has 2 aromatic heterocycles. The maximum Gasteiger partial charge on any atom is 0.269 e. The van der Waals surface area contributed by atoms with Crippen LogP contribution in [0.3, 0.4) is 0 Å². The molecule has 0 fully saturated rings. The molecule has 6 heteroatoms. The number of nitrogens with one attached hydrogen (secondary N) is 1. The Hall–Kier alpha value is -2.24. The van der Waals surface area contributed by atoms with Crippen LogP contribution < -0.4 is 5.32 Å². The van der Waals surface area contributed by atoms with E-state index in [-0.39, 0.29) is 5.91 Å². The number of pyridine rings is 1. The number of rotatable bonds is 5. The van der Waals surface area contributed by atoms with Gasteiger partial charge in [-0.15, -0.1) is 10.2 Å². The topological polar surface area (TPSA) is 72.7 Å². The van der Waals surface area contributed by atoms with E-state index >= 15 is 0 Å². The molecule has 6 nitrogen and oxygen atoms in total. The van der Waals surface area contributed by atoms with Gasteiger partial charge >= 0.3 is 0 Å². The van der Waals surface area contributed by atoms with E-state index in [0.717, 1.165) is 18.1 Å². The first-order valence-electron chi connectivity index (χ1n) is 6.29. The van der Waals surface area contributed by atoms with Gasteiger partial charge in [0.25, 0.3) is 5.91 Å². The van der Waals surface area contributed by atoms with Crippen LogP contribution >= 0.6 is 0 Å². The summed E-state index contributed by atoms with van der Waals surface area (Å²) < 4.78 is 1.96. The lowest BCUT2D eigenvalue weighted by Gasteiger charge is -2.05. The lowest BCUT2D eigenvalue weighted by molar-refractivity contribution is 0.0948. The van der Waals surface area contributed by atoms with Gasteiger partial charge in [-0.25, -0.2) is 4.98 Å². The van der Waals surface area contributed by atoms with E-state index in [2.05, 4.69) is 20.5 Å². The van der Waals surface area contributed by atoms with Crippen molar-refractivity contribution in [2.45, 2.75) is 26.8 Å². The molecule has 100 valence electrons. The maximum absolute atomic E-state index is 11.9. The number of aromatic nitrogens is 4. The molecule has 0 saturated heterocycles. The van der Waals surface area contributed by atoms with Crippen molar-refractivity contribution in [2.75, 3.05) is 6.54 Å². The lowest BCUT2D eigenvalue weighted by atomic mass is 10.3. The number of carbonyl (C=O) groups excluding carboxylic acids is 1. The fraction of sp³-hybridized carbons (Fsp3) is 0.385. The summed E-state index contributed by atoms with van der Waals surface area (Å²) in [5.74, 6) is 0.714. The van der Waals surface area contributed by atoms with Crippen molar-refractivity contribution in [1.82, 2.24) is 25.1 Å². The van der Waals surface area contributed by atoms with Gasteiger partial charge in [0.1, 0.15) is 17.8 Å². The van der Waals surface area contributed by atoms with Crippen molar-refractivity contribution in [3.05, 3.63) is 41.7 Å². The van der Waals surface area contributed by atoms with Crippen LogP contribution in [0, 0.1) is 6.92 Å². The van der Waals surface area contributed by atoms with Gasteiger partial charge in [0.05, 0.1) is 0 Å². The van der Waals surface area contributed by atoms with Crippen molar-refractivity contribution in [3.8, 4) is 0 Å². The van der Waals surface area contributed by atoms with Crippen LogP contribution in [0.2, 0.25) is 0 Å². The molecule has 0 aliphatic rings. The maximum atomic E-state index is 11.9. The monoisotopic (exact) mass is 259 g/mol. The van der Waals surface area contributed by atoms with E-state index in [1.165, 1.54) is 0 Å². The molecule has 0 aliphatic carbocycles. The highest BCUT2D eigenvalue weighted by Crippen LogP contribution is 1.99. The lowest BCUT2D eigenvalue weighted by Crippen LogP contribution is -2.27. The summed E-state index contributed by atoms with van der Waals surface area (Å²) in [4.78, 5) is 16.0. The summed E-state index contributed by atoms with van der Waals surface area (Å²) in [6, 6.07) is 5.39. The van der Waals surface area contributed by atoms with Crippen molar-refractivity contribution < 1.29 is 4.79 Å². The molecular formula is C13H17N5O. The van der Waals surface area contributed by atoms with Gasteiger partial charge in [0, 0.05) is 25.2 Å². The fourth-order valence-electron chi connectivity index (χ4n) is 1.78. The molecule has 0 spiro atoms. The Morgan fingerprint density at radius 2 is 2.26 bits per heavy atom. The van der Waals surface area contributed by atoms with Crippen molar-refractivity contribution >= 4 is 5.91 Å². The molecule has 2 heterocycles. The highest BCUT2D eigenvalue weighted by Gasteiger charge is 2.08. The third-order valence-corrected chi connectivity index (χ3v) is 2.79. The molecule has 0 bridgehead atoms. The highest BCUT2D eigenvalue weighted by atomic mass is 16.1. The standard InChI is InChI=1S/C13H17N5O/c1-3-18-9-15-17-12(18)7-8-14-13(19)11-6-4-5-10(2)16-11/h4-6,9H,3,7-8H2,1-2H3,(H,14,19). The minimum atomic E-state index is -0.161. The van der Waals surface area contributed by atoms with Crippen LogP contribution in [0.15, 0.2) is 24.5 Å². The summed E-state index contributed by atoms with van der Waals surface area (Å²) in [5.41, 5.74) is 1.27. The van der Waals surface area contributed by atoms with Gasteiger partial charge in [-0.2, -0.15) is 0 Å². The van der Waals surface area contributed by atoms with Gasteiger partial charge in [0.15, 0.2) is 0 Å².